The quantitative estimate of drug-likeness (QED) is 0.852. The summed E-state index contributed by atoms with van der Waals surface area (Å²) in [7, 11) is 0. The van der Waals surface area contributed by atoms with Crippen LogP contribution in [0.4, 0.5) is 5.69 Å². The standard InChI is InChI=1S/C21H22N2O2/c1-16-4-6-18(7-5-16)15-22-20(24)13-10-17-8-11-19(12-9-17)23-14-2-3-21(23)25/h4-13H,2-3,14-15H2,1H3,(H,22,24)/b13-10+. The van der Waals surface area contributed by atoms with Crippen LogP contribution in [0.15, 0.2) is 54.6 Å². The maximum Gasteiger partial charge on any atom is 0.244 e. The molecule has 0 atom stereocenters. The zero-order chi connectivity index (χ0) is 17.6. The molecule has 3 rings (SSSR count). The van der Waals surface area contributed by atoms with Crippen LogP contribution in [0.1, 0.15) is 29.5 Å². The highest BCUT2D eigenvalue weighted by Crippen LogP contribution is 2.21. The first-order valence-electron chi connectivity index (χ1n) is 8.54. The van der Waals surface area contributed by atoms with E-state index >= 15 is 0 Å². The van der Waals surface area contributed by atoms with Gasteiger partial charge >= 0.3 is 0 Å². The molecule has 0 spiro atoms. The van der Waals surface area contributed by atoms with Crippen molar-refractivity contribution in [2.45, 2.75) is 26.3 Å². The molecule has 2 aromatic carbocycles. The van der Waals surface area contributed by atoms with E-state index in [0.717, 1.165) is 29.8 Å². The minimum Gasteiger partial charge on any atom is -0.348 e. The molecule has 4 nitrogen and oxygen atoms in total. The van der Waals surface area contributed by atoms with Crippen LogP contribution in [-0.4, -0.2) is 18.4 Å². The highest BCUT2D eigenvalue weighted by atomic mass is 16.2. The molecule has 128 valence electrons. The lowest BCUT2D eigenvalue weighted by molar-refractivity contribution is -0.117. The summed E-state index contributed by atoms with van der Waals surface area (Å²) in [6, 6.07) is 15.8. The Morgan fingerprint density at radius 1 is 1.12 bits per heavy atom. The van der Waals surface area contributed by atoms with Gasteiger partial charge in [0.05, 0.1) is 0 Å². The van der Waals surface area contributed by atoms with Crippen molar-refractivity contribution >= 4 is 23.6 Å². The van der Waals surface area contributed by atoms with Crippen LogP contribution in [0.25, 0.3) is 6.08 Å². The van der Waals surface area contributed by atoms with Crippen molar-refractivity contribution in [2.75, 3.05) is 11.4 Å². The van der Waals surface area contributed by atoms with Gasteiger partial charge in [0.2, 0.25) is 11.8 Å². The summed E-state index contributed by atoms with van der Waals surface area (Å²) in [5.41, 5.74) is 4.13. The molecule has 0 radical (unpaired) electrons. The Morgan fingerprint density at radius 3 is 2.48 bits per heavy atom. The van der Waals surface area contributed by atoms with E-state index in [1.807, 2.05) is 60.4 Å². The first-order chi connectivity index (χ1) is 12.1. The monoisotopic (exact) mass is 334 g/mol. The van der Waals surface area contributed by atoms with Crippen LogP contribution in [0.2, 0.25) is 0 Å². The number of anilines is 1. The first-order valence-corrected chi connectivity index (χ1v) is 8.54. The average molecular weight is 334 g/mol. The lowest BCUT2D eigenvalue weighted by Crippen LogP contribution is -2.23. The summed E-state index contributed by atoms with van der Waals surface area (Å²) in [6.45, 7) is 3.34. The molecule has 25 heavy (non-hydrogen) atoms. The summed E-state index contributed by atoms with van der Waals surface area (Å²) >= 11 is 0. The van der Waals surface area contributed by atoms with Gasteiger partial charge in [-0.3, -0.25) is 9.59 Å². The van der Waals surface area contributed by atoms with E-state index in [2.05, 4.69) is 5.32 Å². The zero-order valence-corrected chi connectivity index (χ0v) is 14.4. The second kappa shape index (κ2) is 7.79. The number of rotatable bonds is 5. The normalized spacial score (nSPS) is 14.3. The number of aryl methyl sites for hydroxylation is 1. The van der Waals surface area contributed by atoms with Gasteiger partial charge in [-0.25, -0.2) is 0 Å². The lowest BCUT2D eigenvalue weighted by atomic mass is 10.1. The van der Waals surface area contributed by atoms with Crippen molar-refractivity contribution in [2.24, 2.45) is 0 Å². The third kappa shape index (κ3) is 4.57. The summed E-state index contributed by atoms with van der Waals surface area (Å²) in [5.74, 6) is 0.0538. The largest absolute Gasteiger partial charge is 0.348 e. The van der Waals surface area contributed by atoms with Gasteiger partial charge in [-0.1, -0.05) is 42.0 Å². The molecule has 1 heterocycles. The fourth-order valence-electron chi connectivity index (χ4n) is 2.81. The maximum absolute atomic E-state index is 11.9. The third-order valence-corrected chi connectivity index (χ3v) is 4.29. The van der Waals surface area contributed by atoms with Crippen molar-refractivity contribution in [3.63, 3.8) is 0 Å². The molecule has 1 saturated heterocycles. The van der Waals surface area contributed by atoms with Gasteiger partial charge in [-0.2, -0.15) is 0 Å². The Hall–Kier alpha value is -2.88. The zero-order valence-electron chi connectivity index (χ0n) is 14.4. The number of carbonyl (C=O) groups excluding carboxylic acids is 2. The van der Waals surface area contributed by atoms with Crippen molar-refractivity contribution in [1.29, 1.82) is 0 Å². The van der Waals surface area contributed by atoms with Gasteiger partial charge in [0.25, 0.3) is 0 Å². The van der Waals surface area contributed by atoms with Gasteiger partial charge in [0.1, 0.15) is 0 Å². The molecule has 1 fully saturated rings. The number of benzene rings is 2. The molecule has 1 aliphatic heterocycles. The van der Waals surface area contributed by atoms with Crippen LogP contribution in [0.3, 0.4) is 0 Å². The fraction of sp³-hybridized carbons (Fsp3) is 0.238. The molecule has 2 amide bonds. The highest BCUT2D eigenvalue weighted by Gasteiger charge is 2.21. The number of hydrogen-bond acceptors (Lipinski definition) is 2. The van der Waals surface area contributed by atoms with Crippen molar-refractivity contribution in [1.82, 2.24) is 5.32 Å². The summed E-state index contributed by atoms with van der Waals surface area (Å²) < 4.78 is 0. The Kier molecular flexibility index (Phi) is 5.29. The van der Waals surface area contributed by atoms with Crippen molar-refractivity contribution in [3.05, 3.63) is 71.3 Å². The van der Waals surface area contributed by atoms with Gasteiger partial charge in [-0.05, 0) is 42.7 Å². The molecular formula is C21H22N2O2. The molecular weight excluding hydrogens is 312 g/mol. The topological polar surface area (TPSA) is 49.4 Å². The smallest absolute Gasteiger partial charge is 0.244 e. The molecule has 0 saturated carbocycles. The van der Waals surface area contributed by atoms with E-state index < -0.39 is 0 Å². The molecule has 4 heteroatoms. The molecule has 0 unspecified atom stereocenters. The number of amides is 2. The van der Waals surface area contributed by atoms with Crippen LogP contribution in [0.5, 0.6) is 0 Å². The fourth-order valence-corrected chi connectivity index (χ4v) is 2.81. The van der Waals surface area contributed by atoms with Crippen LogP contribution in [-0.2, 0) is 16.1 Å². The minimum atomic E-state index is -0.126. The van der Waals surface area contributed by atoms with E-state index in [1.54, 1.807) is 6.08 Å². The van der Waals surface area contributed by atoms with Crippen LogP contribution in [0, 0.1) is 6.92 Å². The van der Waals surface area contributed by atoms with Crippen LogP contribution >= 0.6 is 0 Å². The van der Waals surface area contributed by atoms with Crippen molar-refractivity contribution in [3.8, 4) is 0 Å². The molecule has 1 aliphatic rings. The molecule has 2 aromatic rings. The highest BCUT2D eigenvalue weighted by molar-refractivity contribution is 5.95. The second-order valence-corrected chi connectivity index (χ2v) is 6.28. The first kappa shape index (κ1) is 17.0. The van der Waals surface area contributed by atoms with E-state index in [1.165, 1.54) is 11.6 Å². The Balaban J connectivity index is 1.53. The molecule has 0 aromatic heterocycles. The van der Waals surface area contributed by atoms with Gasteiger partial charge < -0.3 is 10.2 Å². The Bertz CT molecular complexity index is 777. The van der Waals surface area contributed by atoms with E-state index in [-0.39, 0.29) is 11.8 Å². The number of carbonyl (C=O) groups is 2. The summed E-state index contributed by atoms with van der Waals surface area (Å²) in [5, 5.41) is 2.87. The van der Waals surface area contributed by atoms with Gasteiger partial charge in [0, 0.05) is 31.3 Å². The summed E-state index contributed by atoms with van der Waals surface area (Å²) in [4.78, 5) is 25.5. The predicted octanol–water partition coefficient (Wildman–Crippen LogP) is 3.45. The lowest BCUT2D eigenvalue weighted by Gasteiger charge is -2.15. The number of nitrogens with zero attached hydrogens (tertiary/aromatic N) is 1. The number of nitrogens with one attached hydrogen (secondary N) is 1. The molecule has 0 aliphatic carbocycles. The maximum atomic E-state index is 11.9. The Morgan fingerprint density at radius 2 is 1.84 bits per heavy atom. The SMILES string of the molecule is Cc1ccc(CNC(=O)/C=C/c2ccc(N3CCCC3=O)cc2)cc1. The van der Waals surface area contributed by atoms with E-state index in [9.17, 15) is 9.59 Å². The van der Waals surface area contributed by atoms with E-state index in [0.29, 0.717) is 13.0 Å². The minimum absolute atomic E-state index is 0.126. The van der Waals surface area contributed by atoms with Gasteiger partial charge in [-0.15, -0.1) is 0 Å². The predicted molar refractivity (Wildman–Crippen MR) is 100 cm³/mol. The second-order valence-electron chi connectivity index (χ2n) is 6.28. The van der Waals surface area contributed by atoms with Crippen molar-refractivity contribution < 1.29 is 9.59 Å². The summed E-state index contributed by atoms with van der Waals surface area (Å²) in [6.07, 6.45) is 4.86. The third-order valence-electron chi connectivity index (χ3n) is 4.29. The Labute approximate surface area is 148 Å². The average Bonchev–Trinajstić information content (AvgIpc) is 3.06. The molecule has 1 N–H and O–H groups in total. The number of hydrogen-bond donors (Lipinski definition) is 1. The van der Waals surface area contributed by atoms with Crippen LogP contribution < -0.4 is 10.2 Å². The molecule has 0 bridgehead atoms. The van der Waals surface area contributed by atoms with Gasteiger partial charge in [0.15, 0.2) is 0 Å². The van der Waals surface area contributed by atoms with E-state index in [4.69, 9.17) is 0 Å².